The first-order valence-corrected chi connectivity index (χ1v) is 11.7. The lowest BCUT2D eigenvalue weighted by molar-refractivity contribution is -0.161. The van der Waals surface area contributed by atoms with Crippen LogP contribution in [0, 0.1) is 5.92 Å². The molecule has 31 heavy (non-hydrogen) atoms. The Morgan fingerprint density at radius 1 is 1.19 bits per heavy atom. The number of sulfonamides is 1. The van der Waals surface area contributed by atoms with Crippen LogP contribution in [-0.2, 0) is 34.9 Å². The van der Waals surface area contributed by atoms with Gasteiger partial charge >= 0.3 is 11.9 Å². The van der Waals surface area contributed by atoms with Crippen LogP contribution < -0.4 is 0 Å². The summed E-state index contributed by atoms with van der Waals surface area (Å²) in [5.41, 5.74) is -0.160. The van der Waals surface area contributed by atoms with Gasteiger partial charge in [0.25, 0.3) is 0 Å². The summed E-state index contributed by atoms with van der Waals surface area (Å²) < 4.78 is 32.6. The van der Waals surface area contributed by atoms with E-state index < -0.39 is 45.4 Å². The molecule has 1 N–H and O–H groups in total. The molecule has 1 heterocycles. The number of esters is 1. The van der Waals surface area contributed by atoms with Crippen LogP contribution in [0.5, 0.6) is 0 Å². The molecule has 1 fully saturated rings. The van der Waals surface area contributed by atoms with Gasteiger partial charge in [-0.2, -0.15) is 4.31 Å². The average Bonchev–Trinajstić information content (AvgIpc) is 2.61. The molecule has 0 aromatic heterocycles. The number of hydrogen-bond donors (Lipinski definition) is 1. The van der Waals surface area contributed by atoms with Crippen LogP contribution in [0.25, 0.3) is 0 Å². The first kappa shape index (κ1) is 24.8. The maximum atomic E-state index is 13.2. The number of carbonyl (C=O) groups is 3. The molecule has 172 valence electrons. The lowest BCUT2D eigenvalue weighted by Gasteiger charge is -2.41. The number of benzene rings is 1. The van der Waals surface area contributed by atoms with Crippen molar-refractivity contribution in [2.45, 2.75) is 51.5 Å². The molecule has 9 nitrogen and oxygen atoms in total. The molecule has 2 atom stereocenters. The van der Waals surface area contributed by atoms with Crippen LogP contribution in [0.3, 0.4) is 0 Å². The summed E-state index contributed by atoms with van der Waals surface area (Å²) in [5.74, 6) is -3.42. The summed E-state index contributed by atoms with van der Waals surface area (Å²) in [7, 11) is -3.90. The van der Waals surface area contributed by atoms with Crippen molar-refractivity contribution in [1.82, 2.24) is 9.21 Å². The Hall–Kier alpha value is -2.46. The number of carbonyl (C=O) groups excluding carboxylic acids is 2. The molecular weight excluding hydrogens is 424 g/mol. The number of piperazine rings is 1. The van der Waals surface area contributed by atoms with Gasteiger partial charge in [-0.25, -0.2) is 8.42 Å². The minimum atomic E-state index is -3.90. The fourth-order valence-corrected chi connectivity index (χ4v) is 5.34. The molecule has 0 aliphatic carbocycles. The van der Waals surface area contributed by atoms with Crippen molar-refractivity contribution in [3.8, 4) is 0 Å². The molecule has 0 spiro atoms. The molecule has 1 aliphatic heterocycles. The zero-order valence-corrected chi connectivity index (χ0v) is 19.1. The van der Waals surface area contributed by atoms with E-state index >= 15 is 0 Å². The van der Waals surface area contributed by atoms with Crippen molar-refractivity contribution < 1.29 is 32.6 Å². The van der Waals surface area contributed by atoms with Gasteiger partial charge in [-0.15, -0.1) is 0 Å². The maximum absolute atomic E-state index is 13.2. The first-order chi connectivity index (χ1) is 14.3. The van der Waals surface area contributed by atoms with E-state index in [1.54, 1.807) is 51.1 Å². The standard InChI is InChI=1S/C21H30N2O7S/c1-15(12-17(24)25)19-20(27)22(13-18(26)30-21(2,3)4)10-11-23(19)31(28,29)14-16-8-6-5-7-9-16/h5-9,15,19H,10-14H2,1-4H3,(H,24,25)/t15?,19-/m1/s1. The summed E-state index contributed by atoms with van der Waals surface area (Å²) in [5, 5.41) is 9.20. The van der Waals surface area contributed by atoms with Gasteiger partial charge in [-0.1, -0.05) is 37.3 Å². The second-order valence-corrected chi connectivity index (χ2v) is 10.6. The Morgan fingerprint density at radius 3 is 2.35 bits per heavy atom. The number of nitrogens with zero attached hydrogens (tertiary/aromatic N) is 2. The smallest absolute Gasteiger partial charge is 0.326 e. The molecule has 1 saturated heterocycles. The fraction of sp³-hybridized carbons (Fsp3) is 0.571. The van der Waals surface area contributed by atoms with Gasteiger partial charge in [0.15, 0.2) is 0 Å². The normalized spacial score (nSPS) is 19.2. The summed E-state index contributed by atoms with van der Waals surface area (Å²) in [6.07, 6.45) is -0.381. The lowest BCUT2D eigenvalue weighted by Crippen LogP contribution is -2.62. The molecule has 0 saturated carbocycles. The van der Waals surface area contributed by atoms with Crippen LogP contribution in [0.15, 0.2) is 30.3 Å². The Kier molecular flexibility index (Phi) is 7.82. The fourth-order valence-electron chi connectivity index (χ4n) is 3.56. The number of rotatable bonds is 8. The number of aliphatic carboxylic acids is 1. The predicted molar refractivity (Wildman–Crippen MR) is 113 cm³/mol. The largest absolute Gasteiger partial charge is 0.481 e. The minimum Gasteiger partial charge on any atom is -0.481 e. The molecule has 0 radical (unpaired) electrons. The SMILES string of the molecule is CC(CC(=O)O)[C@@H]1C(=O)N(CC(=O)OC(C)(C)C)CCN1S(=O)(=O)Cc1ccccc1. The highest BCUT2D eigenvalue weighted by atomic mass is 32.2. The molecule has 1 unspecified atom stereocenters. The second-order valence-electron chi connectivity index (χ2n) is 8.72. The molecular formula is C21H30N2O7S. The molecule has 1 aromatic rings. The van der Waals surface area contributed by atoms with Crippen molar-refractivity contribution in [3.63, 3.8) is 0 Å². The van der Waals surface area contributed by atoms with Crippen LogP contribution in [0.4, 0.5) is 0 Å². The third-order valence-electron chi connectivity index (χ3n) is 4.79. The van der Waals surface area contributed by atoms with Crippen LogP contribution in [0.2, 0.25) is 0 Å². The lowest BCUT2D eigenvalue weighted by atomic mass is 9.95. The Labute approximate surface area is 183 Å². The van der Waals surface area contributed by atoms with E-state index in [0.29, 0.717) is 5.56 Å². The van der Waals surface area contributed by atoms with E-state index in [0.717, 1.165) is 4.31 Å². The molecule has 2 rings (SSSR count). The molecule has 1 amide bonds. The van der Waals surface area contributed by atoms with Gasteiger partial charge in [0.05, 0.1) is 5.75 Å². The summed E-state index contributed by atoms with van der Waals surface area (Å²) >= 11 is 0. The molecule has 0 bridgehead atoms. The maximum Gasteiger partial charge on any atom is 0.326 e. The van der Waals surface area contributed by atoms with Crippen molar-refractivity contribution >= 4 is 27.9 Å². The predicted octanol–water partition coefficient (Wildman–Crippen LogP) is 1.48. The average molecular weight is 455 g/mol. The van der Waals surface area contributed by atoms with Gasteiger partial charge in [-0.05, 0) is 32.3 Å². The van der Waals surface area contributed by atoms with Crippen LogP contribution in [0.1, 0.15) is 39.7 Å². The van der Waals surface area contributed by atoms with Gasteiger partial charge in [0.2, 0.25) is 15.9 Å². The van der Waals surface area contributed by atoms with Crippen LogP contribution >= 0.6 is 0 Å². The summed E-state index contributed by atoms with van der Waals surface area (Å²) in [4.78, 5) is 37.9. The van der Waals surface area contributed by atoms with E-state index in [-0.39, 0.29) is 31.8 Å². The Morgan fingerprint density at radius 2 is 1.81 bits per heavy atom. The number of carboxylic acid groups (broad SMARTS) is 1. The quantitative estimate of drug-likeness (QED) is 0.591. The molecule has 1 aromatic carbocycles. The van der Waals surface area contributed by atoms with Crippen LogP contribution in [-0.4, -0.2) is 71.9 Å². The molecule has 10 heteroatoms. The summed E-state index contributed by atoms with van der Waals surface area (Å²) in [6.45, 7) is 6.31. The first-order valence-electron chi connectivity index (χ1n) is 10.1. The zero-order valence-electron chi connectivity index (χ0n) is 18.3. The number of carboxylic acids is 1. The Balaban J connectivity index is 2.27. The minimum absolute atomic E-state index is 0.0163. The van der Waals surface area contributed by atoms with Crippen molar-refractivity contribution in [2.75, 3.05) is 19.6 Å². The van der Waals surface area contributed by atoms with E-state index in [1.807, 2.05) is 0 Å². The van der Waals surface area contributed by atoms with Crippen molar-refractivity contribution in [3.05, 3.63) is 35.9 Å². The third-order valence-corrected chi connectivity index (χ3v) is 6.61. The highest BCUT2D eigenvalue weighted by Crippen LogP contribution is 2.26. The van der Waals surface area contributed by atoms with Crippen molar-refractivity contribution in [2.24, 2.45) is 5.92 Å². The van der Waals surface area contributed by atoms with Gasteiger partial charge in [0.1, 0.15) is 18.2 Å². The third kappa shape index (κ3) is 7.03. The van der Waals surface area contributed by atoms with E-state index in [4.69, 9.17) is 4.74 Å². The monoisotopic (exact) mass is 454 g/mol. The van der Waals surface area contributed by atoms with Gasteiger partial charge in [-0.3, -0.25) is 14.4 Å². The zero-order chi connectivity index (χ0) is 23.4. The van der Waals surface area contributed by atoms with E-state index in [1.165, 1.54) is 11.8 Å². The van der Waals surface area contributed by atoms with E-state index in [9.17, 15) is 27.9 Å². The van der Waals surface area contributed by atoms with Gasteiger partial charge < -0.3 is 14.7 Å². The highest BCUT2D eigenvalue weighted by Gasteiger charge is 2.44. The topological polar surface area (TPSA) is 121 Å². The molecule has 1 aliphatic rings. The summed E-state index contributed by atoms with van der Waals surface area (Å²) in [6, 6.07) is 7.36. The second kappa shape index (κ2) is 9.78. The van der Waals surface area contributed by atoms with Gasteiger partial charge in [0, 0.05) is 19.5 Å². The highest BCUT2D eigenvalue weighted by molar-refractivity contribution is 7.88. The number of hydrogen-bond acceptors (Lipinski definition) is 6. The number of amides is 1. The van der Waals surface area contributed by atoms with Crippen molar-refractivity contribution in [1.29, 1.82) is 0 Å². The van der Waals surface area contributed by atoms with E-state index in [2.05, 4.69) is 0 Å². The number of ether oxygens (including phenoxy) is 1. The Bertz CT molecular complexity index is 909.